The van der Waals surface area contributed by atoms with Crippen LogP contribution in [0.15, 0.2) is 18.2 Å². The van der Waals surface area contributed by atoms with Crippen LogP contribution in [0.3, 0.4) is 0 Å². The molecule has 1 aliphatic rings. The Morgan fingerprint density at radius 1 is 1.29 bits per heavy atom. The molecule has 0 bridgehead atoms. The Labute approximate surface area is 142 Å². The van der Waals surface area contributed by atoms with Crippen LogP contribution >= 0.6 is 0 Å². The first kappa shape index (κ1) is 17.8. The average Bonchev–Trinajstić information content (AvgIpc) is 2.79. The lowest BCUT2D eigenvalue weighted by Gasteiger charge is -2.26. The van der Waals surface area contributed by atoms with Gasteiger partial charge in [0, 0.05) is 0 Å². The van der Waals surface area contributed by atoms with Crippen LogP contribution in [-0.4, -0.2) is 24.0 Å². The molecule has 0 saturated heterocycles. The van der Waals surface area contributed by atoms with Gasteiger partial charge in [0.25, 0.3) is 11.8 Å². The van der Waals surface area contributed by atoms with Crippen LogP contribution in [0.2, 0.25) is 0 Å². The molecule has 0 unspecified atom stereocenters. The number of nitrogens with zero attached hydrogens (tertiary/aromatic N) is 1. The van der Waals surface area contributed by atoms with Gasteiger partial charge >= 0.3 is 0 Å². The van der Waals surface area contributed by atoms with Crippen molar-refractivity contribution in [1.82, 2.24) is 5.32 Å². The van der Waals surface area contributed by atoms with Gasteiger partial charge < -0.3 is 15.8 Å². The van der Waals surface area contributed by atoms with Crippen molar-refractivity contribution in [3.63, 3.8) is 0 Å². The van der Waals surface area contributed by atoms with Crippen molar-refractivity contribution in [2.75, 3.05) is 6.61 Å². The molecule has 0 aromatic heterocycles. The van der Waals surface area contributed by atoms with E-state index in [0.29, 0.717) is 12.8 Å². The summed E-state index contributed by atoms with van der Waals surface area (Å²) in [5, 5.41) is 12.3. The van der Waals surface area contributed by atoms with Gasteiger partial charge in [-0.25, -0.2) is 0 Å². The SMILES string of the molecule is Cc1ccc(C(N)=O)c(OCC(=O)NC2(C#N)CCCCCC2)c1. The monoisotopic (exact) mass is 329 g/mol. The van der Waals surface area contributed by atoms with Crippen LogP contribution in [0, 0.1) is 18.3 Å². The van der Waals surface area contributed by atoms with Crippen molar-refractivity contribution in [1.29, 1.82) is 5.26 Å². The van der Waals surface area contributed by atoms with Crippen LogP contribution < -0.4 is 15.8 Å². The van der Waals surface area contributed by atoms with Gasteiger partial charge in [0.15, 0.2) is 6.61 Å². The van der Waals surface area contributed by atoms with Crippen molar-refractivity contribution in [3.8, 4) is 11.8 Å². The molecular weight excluding hydrogens is 306 g/mol. The van der Waals surface area contributed by atoms with Gasteiger partial charge in [-0.15, -0.1) is 0 Å². The lowest BCUT2D eigenvalue weighted by molar-refractivity contribution is -0.124. The van der Waals surface area contributed by atoms with E-state index in [4.69, 9.17) is 10.5 Å². The third kappa shape index (κ3) is 4.48. The van der Waals surface area contributed by atoms with E-state index < -0.39 is 11.4 Å². The Morgan fingerprint density at radius 2 is 1.96 bits per heavy atom. The Hall–Kier alpha value is -2.55. The lowest BCUT2D eigenvalue weighted by Crippen LogP contribution is -2.48. The number of primary amides is 1. The number of aryl methyl sites for hydroxylation is 1. The Balaban J connectivity index is 2.02. The highest BCUT2D eigenvalue weighted by Gasteiger charge is 2.32. The molecule has 128 valence electrons. The fourth-order valence-corrected chi connectivity index (χ4v) is 3.00. The zero-order chi connectivity index (χ0) is 17.6. The fourth-order valence-electron chi connectivity index (χ4n) is 3.00. The van der Waals surface area contributed by atoms with E-state index in [2.05, 4.69) is 11.4 Å². The van der Waals surface area contributed by atoms with Gasteiger partial charge in [-0.1, -0.05) is 31.7 Å². The molecule has 6 nitrogen and oxygen atoms in total. The highest BCUT2D eigenvalue weighted by Crippen LogP contribution is 2.26. The molecule has 1 aliphatic carbocycles. The summed E-state index contributed by atoms with van der Waals surface area (Å²) in [5.41, 5.74) is 5.64. The maximum atomic E-state index is 12.2. The first-order valence-electron chi connectivity index (χ1n) is 8.21. The van der Waals surface area contributed by atoms with Gasteiger partial charge in [-0.2, -0.15) is 5.26 Å². The van der Waals surface area contributed by atoms with Gasteiger partial charge in [0.2, 0.25) is 0 Å². The van der Waals surface area contributed by atoms with E-state index in [1.54, 1.807) is 18.2 Å². The minimum Gasteiger partial charge on any atom is -0.483 e. The predicted octanol–water partition coefficient (Wildman–Crippen LogP) is 2.21. The maximum Gasteiger partial charge on any atom is 0.259 e. The van der Waals surface area contributed by atoms with Gasteiger partial charge in [0.1, 0.15) is 11.3 Å². The molecule has 24 heavy (non-hydrogen) atoms. The molecular formula is C18H23N3O3. The minimum absolute atomic E-state index is 0.234. The van der Waals surface area contributed by atoms with Gasteiger partial charge in [-0.3, -0.25) is 9.59 Å². The van der Waals surface area contributed by atoms with E-state index in [0.717, 1.165) is 31.2 Å². The van der Waals surface area contributed by atoms with Gasteiger partial charge in [-0.05, 0) is 37.5 Å². The van der Waals surface area contributed by atoms with Crippen molar-refractivity contribution >= 4 is 11.8 Å². The number of carbonyl (C=O) groups is 2. The van der Waals surface area contributed by atoms with E-state index in [1.807, 2.05) is 6.92 Å². The number of nitriles is 1. The minimum atomic E-state index is -0.809. The summed E-state index contributed by atoms with van der Waals surface area (Å²) >= 11 is 0. The maximum absolute atomic E-state index is 12.2. The molecule has 1 fully saturated rings. The van der Waals surface area contributed by atoms with E-state index in [1.165, 1.54) is 0 Å². The summed E-state index contributed by atoms with van der Waals surface area (Å²) in [4.78, 5) is 23.7. The topological polar surface area (TPSA) is 105 Å². The van der Waals surface area contributed by atoms with Crippen molar-refractivity contribution < 1.29 is 14.3 Å². The molecule has 0 spiro atoms. The summed E-state index contributed by atoms with van der Waals surface area (Å²) in [5.74, 6) is -0.692. The molecule has 1 saturated carbocycles. The number of nitrogens with one attached hydrogen (secondary N) is 1. The molecule has 0 radical (unpaired) electrons. The Morgan fingerprint density at radius 3 is 2.54 bits per heavy atom. The number of nitrogens with two attached hydrogens (primary N) is 1. The molecule has 0 heterocycles. The number of amides is 2. The van der Waals surface area contributed by atoms with Gasteiger partial charge in [0.05, 0.1) is 11.6 Å². The van der Waals surface area contributed by atoms with E-state index in [-0.39, 0.29) is 23.8 Å². The third-order valence-electron chi connectivity index (χ3n) is 4.31. The van der Waals surface area contributed by atoms with Crippen molar-refractivity contribution in [2.24, 2.45) is 5.73 Å². The van der Waals surface area contributed by atoms with Crippen LogP contribution in [-0.2, 0) is 4.79 Å². The predicted molar refractivity (Wildman–Crippen MR) is 89.4 cm³/mol. The standard InChI is InChI=1S/C18H23N3O3/c1-13-6-7-14(17(20)23)15(10-13)24-11-16(22)21-18(12-19)8-4-2-3-5-9-18/h6-7,10H,2-5,8-9,11H2,1H3,(H2,20,23)(H,21,22). The summed E-state index contributed by atoms with van der Waals surface area (Å²) in [6, 6.07) is 7.26. The molecule has 1 aromatic rings. The second-order valence-corrected chi connectivity index (χ2v) is 6.31. The smallest absolute Gasteiger partial charge is 0.259 e. The summed E-state index contributed by atoms with van der Waals surface area (Å²) in [7, 11) is 0. The van der Waals surface area contributed by atoms with E-state index in [9.17, 15) is 14.9 Å². The highest BCUT2D eigenvalue weighted by atomic mass is 16.5. The number of rotatable bonds is 5. The molecule has 0 atom stereocenters. The van der Waals surface area contributed by atoms with Crippen molar-refractivity contribution in [3.05, 3.63) is 29.3 Å². The first-order chi connectivity index (χ1) is 11.5. The lowest BCUT2D eigenvalue weighted by atomic mass is 9.92. The average molecular weight is 329 g/mol. The number of hydrogen-bond acceptors (Lipinski definition) is 4. The van der Waals surface area contributed by atoms with Crippen LogP contribution in [0.1, 0.15) is 54.4 Å². The largest absolute Gasteiger partial charge is 0.483 e. The zero-order valence-electron chi connectivity index (χ0n) is 13.9. The molecule has 1 aromatic carbocycles. The number of carbonyl (C=O) groups excluding carboxylic acids is 2. The van der Waals surface area contributed by atoms with E-state index >= 15 is 0 Å². The second kappa shape index (κ2) is 7.82. The van der Waals surface area contributed by atoms with Crippen LogP contribution in [0.4, 0.5) is 0 Å². The quantitative estimate of drug-likeness (QED) is 0.808. The number of ether oxygens (including phenoxy) is 1. The molecule has 3 N–H and O–H groups in total. The molecule has 2 amide bonds. The van der Waals surface area contributed by atoms with Crippen LogP contribution in [0.5, 0.6) is 5.75 Å². The second-order valence-electron chi connectivity index (χ2n) is 6.31. The highest BCUT2D eigenvalue weighted by molar-refractivity contribution is 5.95. The first-order valence-corrected chi connectivity index (χ1v) is 8.21. The molecule has 2 rings (SSSR count). The third-order valence-corrected chi connectivity index (χ3v) is 4.31. The fraction of sp³-hybridized carbons (Fsp3) is 0.500. The zero-order valence-corrected chi connectivity index (χ0v) is 13.9. The summed E-state index contributed by atoms with van der Waals surface area (Å²) < 4.78 is 5.48. The normalized spacial score (nSPS) is 16.5. The summed E-state index contributed by atoms with van der Waals surface area (Å²) in [6.07, 6.45) is 5.34. The molecule has 0 aliphatic heterocycles. The molecule has 6 heteroatoms. The Bertz CT molecular complexity index is 656. The van der Waals surface area contributed by atoms with Crippen molar-refractivity contribution in [2.45, 2.75) is 51.0 Å². The summed E-state index contributed by atoms with van der Waals surface area (Å²) in [6.45, 7) is 1.60. The Kier molecular flexibility index (Phi) is 5.80. The number of hydrogen-bond donors (Lipinski definition) is 2. The number of benzene rings is 1. The van der Waals surface area contributed by atoms with Crippen LogP contribution in [0.25, 0.3) is 0 Å².